The van der Waals surface area contributed by atoms with E-state index in [4.69, 9.17) is 14.2 Å². The number of anilines is 1. The van der Waals surface area contributed by atoms with Crippen molar-refractivity contribution >= 4 is 34.5 Å². The summed E-state index contributed by atoms with van der Waals surface area (Å²) in [5.41, 5.74) is 0.601. The molecule has 0 unspecified atom stereocenters. The fraction of sp³-hybridized carbons (Fsp3) is 0.316. The van der Waals surface area contributed by atoms with Crippen LogP contribution in [0, 0.1) is 0 Å². The molecule has 7 nitrogen and oxygen atoms in total. The second kappa shape index (κ2) is 9.72. The topological polar surface area (TPSA) is 90.9 Å². The maximum atomic E-state index is 12.2. The standard InChI is InChI=1S/C19H21NO6S/c1-4-14-9-15(19(23)25-5-2)18(27-14)20-17(22)11-26-16-7-6-13(24-3)8-12(16)10-21/h6-10H,4-5,11H2,1-3H3,(H,20,22). The predicted octanol–water partition coefficient (Wildman–Crippen LogP) is 3.33. The van der Waals surface area contributed by atoms with Crippen molar-refractivity contribution in [2.75, 3.05) is 25.6 Å². The Hall–Kier alpha value is -2.87. The zero-order chi connectivity index (χ0) is 19.8. The van der Waals surface area contributed by atoms with E-state index in [0.717, 1.165) is 11.3 Å². The van der Waals surface area contributed by atoms with Gasteiger partial charge in [0.2, 0.25) is 0 Å². The van der Waals surface area contributed by atoms with Gasteiger partial charge in [-0.05, 0) is 37.6 Å². The fourth-order valence-corrected chi connectivity index (χ4v) is 3.25. The van der Waals surface area contributed by atoms with Crippen molar-refractivity contribution in [1.82, 2.24) is 0 Å². The molecule has 1 amide bonds. The van der Waals surface area contributed by atoms with Crippen LogP contribution in [-0.2, 0) is 16.0 Å². The van der Waals surface area contributed by atoms with Crippen LogP contribution in [0.3, 0.4) is 0 Å². The van der Waals surface area contributed by atoms with Gasteiger partial charge < -0.3 is 19.5 Å². The number of amides is 1. The van der Waals surface area contributed by atoms with Gasteiger partial charge in [0.15, 0.2) is 12.9 Å². The number of hydrogen-bond acceptors (Lipinski definition) is 7. The molecule has 8 heteroatoms. The van der Waals surface area contributed by atoms with Crippen LogP contribution in [0.2, 0.25) is 0 Å². The Morgan fingerprint density at radius 1 is 1.22 bits per heavy atom. The van der Waals surface area contributed by atoms with Crippen LogP contribution < -0.4 is 14.8 Å². The number of rotatable bonds is 9. The van der Waals surface area contributed by atoms with Crippen molar-refractivity contribution in [2.24, 2.45) is 0 Å². The molecule has 0 fully saturated rings. The molecule has 0 atom stereocenters. The first-order chi connectivity index (χ1) is 13.0. The number of hydrogen-bond donors (Lipinski definition) is 1. The highest BCUT2D eigenvalue weighted by Crippen LogP contribution is 2.29. The normalized spacial score (nSPS) is 10.2. The molecule has 0 saturated heterocycles. The zero-order valence-corrected chi connectivity index (χ0v) is 16.2. The third kappa shape index (κ3) is 5.30. The van der Waals surface area contributed by atoms with E-state index < -0.39 is 11.9 Å². The van der Waals surface area contributed by atoms with Crippen molar-refractivity contribution < 1.29 is 28.6 Å². The van der Waals surface area contributed by atoms with Gasteiger partial charge in [-0.2, -0.15) is 0 Å². The third-order valence-corrected chi connectivity index (χ3v) is 4.78. The number of aryl methyl sites for hydroxylation is 1. The lowest BCUT2D eigenvalue weighted by molar-refractivity contribution is -0.118. The molecule has 2 rings (SSSR count). The molecule has 0 saturated carbocycles. The monoisotopic (exact) mass is 391 g/mol. The van der Waals surface area contributed by atoms with Gasteiger partial charge in [-0.3, -0.25) is 9.59 Å². The molecule has 0 spiro atoms. The van der Waals surface area contributed by atoms with Crippen LogP contribution >= 0.6 is 11.3 Å². The molecular formula is C19H21NO6S. The minimum absolute atomic E-state index is 0.249. The molecule has 0 aliphatic rings. The number of carbonyl (C=O) groups is 3. The van der Waals surface area contributed by atoms with Gasteiger partial charge in [0.25, 0.3) is 5.91 Å². The van der Waals surface area contributed by atoms with Gasteiger partial charge in [-0.1, -0.05) is 6.92 Å². The Kier molecular flexibility index (Phi) is 7.36. The summed E-state index contributed by atoms with van der Waals surface area (Å²) in [5.74, 6) is -0.147. The molecule has 27 heavy (non-hydrogen) atoms. The van der Waals surface area contributed by atoms with Gasteiger partial charge in [-0.15, -0.1) is 11.3 Å². The molecule has 1 N–H and O–H groups in total. The van der Waals surface area contributed by atoms with Gasteiger partial charge in [0.05, 0.1) is 24.8 Å². The fourth-order valence-electron chi connectivity index (χ4n) is 2.25. The third-order valence-electron chi connectivity index (χ3n) is 3.58. The summed E-state index contributed by atoms with van der Waals surface area (Å²) in [4.78, 5) is 36.4. The average Bonchev–Trinajstić information content (AvgIpc) is 3.09. The number of carbonyl (C=O) groups excluding carboxylic acids is 3. The predicted molar refractivity (Wildman–Crippen MR) is 102 cm³/mol. The largest absolute Gasteiger partial charge is 0.497 e. The quantitative estimate of drug-likeness (QED) is 0.521. The Morgan fingerprint density at radius 3 is 2.63 bits per heavy atom. The number of nitrogens with one attached hydrogen (secondary N) is 1. The van der Waals surface area contributed by atoms with Crippen molar-refractivity contribution in [2.45, 2.75) is 20.3 Å². The lowest BCUT2D eigenvalue weighted by Crippen LogP contribution is -2.21. The number of thiophene rings is 1. The summed E-state index contributed by atoms with van der Waals surface area (Å²) in [6.07, 6.45) is 1.36. The van der Waals surface area contributed by atoms with E-state index in [1.165, 1.54) is 24.5 Å². The van der Waals surface area contributed by atoms with Crippen LogP contribution in [0.1, 0.15) is 39.4 Å². The Balaban J connectivity index is 2.07. The molecule has 0 radical (unpaired) electrons. The lowest BCUT2D eigenvalue weighted by atomic mass is 10.2. The van der Waals surface area contributed by atoms with Crippen molar-refractivity contribution in [1.29, 1.82) is 0 Å². The number of benzene rings is 1. The van der Waals surface area contributed by atoms with E-state index in [2.05, 4.69) is 5.32 Å². The van der Waals surface area contributed by atoms with E-state index in [0.29, 0.717) is 22.6 Å². The molecule has 1 aromatic carbocycles. The SMILES string of the molecule is CCOC(=O)c1cc(CC)sc1NC(=O)COc1ccc(OC)cc1C=O. The summed E-state index contributed by atoms with van der Waals surface area (Å²) in [7, 11) is 1.49. The smallest absolute Gasteiger partial charge is 0.341 e. The maximum Gasteiger partial charge on any atom is 0.341 e. The Bertz CT molecular complexity index is 830. The second-order valence-electron chi connectivity index (χ2n) is 5.39. The van der Waals surface area contributed by atoms with E-state index in [9.17, 15) is 14.4 Å². The Morgan fingerprint density at radius 2 is 2.00 bits per heavy atom. The van der Waals surface area contributed by atoms with Crippen molar-refractivity contribution in [3.63, 3.8) is 0 Å². The number of methoxy groups -OCH3 is 1. The first-order valence-corrected chi connectivity index (χ1v) is 9.19. The number of ether oxygens (including phenoxy) is 3. The highest BCUT2D eigenvalue weighted by atomic mass is 32.1. The van der Waals surface area contributed by atoms with Crippen LogP contribution in [0.15, 0.2) is 24.3 Å². The van der Waals surface area contributed by atoms with E-state index in [1.807, 2.05) is 6.92 Å². The molecule has 0 aliphatic heterocycles. The van der Waals surface area contributed by atoms with Gasteiger partial charge in [0, 0.05) is 4.88 Å². The lowest BCUT2D eigenvalue weighted by Gasteiger charge is -2.10. The van der Waals surface area contributed by atoms with Crippen LogP contribution in [-0.4, -0.2) is 38.5 Å². The summed E-state index contributed by atoms with van der Waals surface area (Å²) < 4.78 is 15.5. The van der Waals surface area contributed by atoms with Crippen molar-refractivity contribution in [3.8, 4) is 11.5 Å². The van der Waals surface area contributed by atoms with Crippen molar-refractivity contribution in [3.05, 3.63) is 40.3 Å². The molecular weight excluding hydrogens is 370 g/mol. The van der Waals surface area contributed by atoms with Crippen LogP contribution in [0.4, 0.5) is 5.00 Å². The van der Waals surface area contributed by atoms with E-state index in [1.54, 1.807) is 25.1 Å². The summed E-state index contributed by atoms with van der Waals surface area (Å²) in [6, 6.07) is 6.42. The van der Waals surface area contributed by atoms with Crippen LogP contribution in [0.5, 0.6) is 11.5 Å². The van der Waals surface area contributed by atoms with Gasteiger partial charge in [0.1, 0.15) is 16.5 Å². The molecule has 2 aromatic rings. The summed E-state index contributed by atoms with van der Waals surface area (Å²) >= 11 is 1.32. The maximum absolute atomic E-state index is 12.2. The molecule has 144 valence electrons. The van der Waals surface area contributed by atoms with E-state index >= 15 is 0 Å². The van der Waals surface area contributed by atoms with Crippen LogP contribution in [0.25, 0.3) is 0 Å². The zero-order valence-electron chi connectivity index (χ0n) is 15.4. The summed E-state index contributed by atoms with van der Waals surface area (Å²) in [5, 5.41) is 3.10. The highest BCUT2D eigenvalue weighted by molar-refractivity contribution is 7.16. The average molecular weight is 391 g/mol. The molecule has 1 aromatic heterocycles. The van der Waals surface area contributed by atoms with Gasteiger partial charge >= 0.3 is 5.97 Å². The summed E-state index contributed by atoms with van der Waals surface area (Å²) in [6.45, 7) is 3.62. The minimum Gasteiger partial charge on any atom is -0.497 e. The first-order valence-electron chi connectivity index (χ1n) is 8.38. The second-order valence-corrected chi connectivity index (χ2v) is 6.52. The Labute approximate surface area is 161 Å². The van der Waals surface area contributed by atoms with Gasteiger partial charge in [-0.25, -0.2) is 4.79 Å². The number of aldehydes is 1. The number of esters is 1. The molecule has 0 aliphatic carbocycles. The van der Waals surface area contributed by atoms with E-state index in [-0.39, 0.29) is 24.5 Å². The highest BCUT2D eigenvalue weighted by Gasteiger charge is 2.19. The minimum atomic E-state index is -0.483. The molecule has 0 bridgehead atoms. The first kappa shape index (κ1) is 20.4. The molecule has 1 heterocycles.